The lowest BCUT2D eigenvalue weighted by Crippen LogP contribution is -2.36. The first kappa shape index (κ1) is 20.7. The molecule has 0 saturated carbocycles. The fourth-order valence-corrected chi connectivity index (χ4v) is 3.93. The average Bonchev–Trinajstić information content (AvgIpc) is 3.12. The molecule has 0 aromatic heterocycles. The van der Waals surface area contributed by atoms with Crippen LogP contribution in [0.25, 0.3) is 0 Å². The highest BCUT2D eigenvalue weighted by Crippen LogP contribution is 2.34. The van der Waals surface area contributed by atoms with Crippen molar-refractivity contribution in [1.29, 1.82) is 0 Å². The smallest absolute Gasteiger partial charge is 0.315 e. The zero-order chi connectivity index (χ0) is 21.8. The van der Waals surface area contributed by atoms with Gasteiger partial charge in [-0.2, -0.15) is 0 Å². The van der Waals surface area contributed by atoms with Gasteiger partial charge in [0.15, 0.2) is 0 Å². The van der Waals surface area contributed by atoms with Crippen molar-refractivity contribution in [2.24, 2.45) is 0 Å². The van der Waals surface area contributed by atoms with E-state index in [1.165, 1.54) is 5.56 Å². The van der Waals surface area contributed by atoms with Crippen molar-refractivity contribution >= 4 is 17.6 Å². The first-order chi connectivity index (χ1) is 15.0. The summed E-state index contributed by atoms with van der Waals surface area (Å²) in [6, 6.07) is 23.4. The molecule has 5 nitrogen and oxygen atoms in total. The van der Waals surface area contributed by atoms with Gasteiger partial charge in [0.05, 0.1) is 0 Å². The number of carbonyl (C=O) groups is 2. The Morgan fingerprint density at radius 1 is 0.903 bits per heavy atom. The van der Waals surface area contributed by atoms with Crippen LogP contribution in [-0.4, -0.2) is 18.0 Å². The molecule has 3 aromatic rings. The molecule has 3 aromatic carbocycles. The molecule has 158 valence electrons. The van der Waals surface area contributed by atoms with Crippen LogP contribution in [0.3, 0.4) is 0 Å². The molecule has 1 heterocycles. The molecule has 0 unspecified atom stereocenters. The van der Waals surface area contributed by atoms with E-state index in [0.29, 0.717) is 18.7 Å². The molecule has 2 N–H and O–H groups in total. The summed E-state index contributed by atoms with van der Waals surface area (Å²) >= 11 is 0. The highest BCUT2D eigenvalue weighted by molar-refractivity contribution is 6.07. The number of anilines is 1. The van der Waals surface area contributed by atoms with E-state index in [0.717, 1.165) is 28.8 Å². The minimum Gasteiger partial charge on any atom is -0.334 e. The summed E-state index contributed by atoms with van der Waals surface area (Å²) in [5, 5.41) is 5.79. The molecule has 1 aliphatic rings. The Balaban J connectivity index is 1.40. The second-order valence-corrected chi connectivity index (χ2v) is 8.08. The molecule has 0 saturated heterocycles. The number of rotatable bonds is 5. The molecule has 31 heavy (non-hydrogen) atoms. The van der Waals surface area contributed by atoms with Gasteiger partial charge in [-0.15, -0.1) is 0 Å². The van der Waals surface area contributed by atoms with E-state index in [-0.39, 0.29) is 18.0 Å². The quantitative estimate of drug-likeness (QED) is 0.643. The largest absolute Gasteiger partial charge is 0.334 e. The van der Waals surface area contributed by atoms with Crippen molar-refractivity contribution in [2.45, 2.75) is 39.4 Å². The Morgan fingerprint density at radius 2 is 1.55 bits per heavy atom. The fourth-order valence-electron chi connectivity index (χ4n) is 3.93. The third kappa shape index (κ3) is 4.77. The predicted octanol–water partition coefficient (Wildman–Crippen LogP) is 4.59. The maximum absolute atomic E-state index is 13.1. The van der Waals surface area contributed by atoms with Crippen molar-refractivity contribution in [3.8, 4) is 0 Å². The van der Waals surface area contributed by atoms with Crippen LogP contribution in [0.2, 0.25) is 0 Å². The van der Waals surface area contributed by atoms with Gasteiger partial charge in [0.25, 0.3) is 5.91 Å². The Labute approximate surface area is 183 Å². The van der Waals surface area contributed by atoms with Gasteiger partial charge in [-0.25, -0.2) is 4.79 Å². The van der Waals surface area contributed by atoms with Gasteiger partial charge in [0.2, 0.25) is 0 Å². The monoisotopic (exact) mass is 413 g/mol. The van der Waals surface area contributed by atoms with E-state index >= 15 is 0 Å². The number of nitrogens with one attached hydrogen (secondary N) is 2. The molecule has 0 radical (unpaired) electrons. The third-order valence-corrected chi connectivity index (χ3v) is 5.63. The summed E-state index contributed by atoms with van der Waals surface area (Å²) in [6.07, 6.45) is 0.832. The number of hydrogen-bond donors (Lipinski definition) is 2. The number of urea groups is 1. The van der Waals surface area contributed by atoms with Crippen LogP contribution in [0.4, 0.5) is 10.5 Å². The summed E-state index contributed by atoms with van der Waals surface area (Å²) in [4.78, 5) is 27.2. The van der Waals surface area contributed by atoms with Crippen molar-refractivity contribution < 1.29 is 9.59 Å². The average molecular weight is 414 g/mol. The number of carbonyl (C=O) groups excluding carboxylic acids is 2. The topological polar surface area (TPSA) is 61.4 Å². The summed E-state index contributed by atoms with van der Waals surface area (Å²) < 4.78 is 0. The molecule has 1 aliphatic heterocycles. The van der Waals surface area contributed by atoms with E-state index in [9.17, 15) is 9.59 Å². The van der Waals surface area contributed by atoms with Crippen molar-refractivity contribution in [2.75, 3.05) is 4.90 Å². The molecule has 0 aliphatic carbocycles. The summed E-state index contributed by atoms with van der Waals surface area (Å²) in [7, 11) is 0. The van der Waals surface area contributed by atoms with Crippen molar-refractivity contribution in [3.63, 3.8) is 0 Å². The number of fused-ring (bicyclic) bond motifs is 1. The van der Waals surface area contributed by atoms with E-state index in [2.05, 4.69) is 23.6 Å². The number of nitrogens with zero attached hydrogens (tertiary/aromatic N) is 1. The Bertz CT molecular complexity index is 1080. The van der Waals surface area contributed by atoms with Crippen LogP contribution in [-0.2, 0) is 19.5 Å². The van der Waals surface area contributed by atoms with Crippen LogP contribution >= 0.6 is 0 Å². The van der Waals surface area contributed by atoms with Gasteiger partial charge in [-0.1, -0.05) is 60.2 Å². The minimum atomic E-state index is -0.216. The van der Waals surface area contributed by atoms with Gasteiger partial charge in [-0.05, 0) is 55.2 Å². The van der Waals surface area contributed by atoms with Crippen LogP contribution in [0, 0.1) is 6.92 Å². The Morgan fingerprint density at radius 3 is 2.26 bits per heavy atom. The highest BCUT2D eigenvalue weighted by Gasteiger charge is 2.31. The van der Waals surface area contributed by atoms with Crippen molar-refractivity contribution in [1.82, 2.24) is 10.6 Å². The molecule has 0 spiro atoms. The van der Waals surface area contributed by atoms with Crippen LogP contribution in [0.1, 0.15) is 39.5 Å². The number of amides is 3. The maximum Gasteiger partial charge on any atom is 0.315 e. The second-order valence-electron chi connectivity index (χ2n) is 8.08. The van der Waals surface area contributed by atoms with Gasteiger partial charge < -0.3 is 15.5 Å². The second kappa shape index (κ2) is 9.04. The first-order valence-corrected chi connectivity index (χ1v) is 10.6. The third-order valence-electron chi connectivity index (χ3n) is 5.63. The van der Waals surface area contributed by atoms with Crippen molar-refractivity contribution in [3.05, 3.63) is 101 Å². The number of benzene rings is 3. The standard InChI is InChI=1S/C26H27N3O2/c1-18-8-10-20(11-9-18)16-27-26(31)28-17-21-12-13-23-14-19(2)29(24(23)15-21)25(30)22-6-4-3-5-7-22/h3-13,15,19H,14,16-17H2,1-2H3,(H2,27,28,31)/t19-/m1/s1. The van der Waals surface area contributed by atoms with E-state index in [1.54, 1.807) is 0 Å². The molecular formula is C26H27N3O2. The highest BCUT2D eigenvalue weighted by atomic mass is 16.2. The summed E-state index contributed by atoms with van der Waals surface area (Å²) in [5.41, 5.74) is 5.98. The predicted molar refractivity (Wildman–Crippen MR) is 123 cm³/mol. The molecule has 1 atom stereocenters. The van der Waals surface area contributed by atoms with E-state index in [1.807, 2.05) is 78.6 Å². The zero-order valence-corrected chi connectivity index (χ0v) is 17.9. The maximum atomic E-state index is 13.1. The Hall–Kier alpha value is -3.60. The molecule has 0 fully saturated rings. The minimum absolute atomic E-state index is 0.00722. The lowest BCUT2D eigenvalue weighted by atomic mass is 10.1. The molecule has 4 rings (SSSR count). The lowest BCUT2D eigenvalue weighted by Gasteiger charge is -2.23. The normalized spacial score (nSPS) is 14.8. The molecule has 5 heteroatoms. The first-order valence-electron chi connectivity index (χ1n) is 10.6. The Kier molecular flexibility index (Phi) is 6.03. The van der Waals surface area contributed by atoms with Crippen LogP contribution in [0.5, 0.6) is 0 Å². The van der Waals surface area contributed by atoms with Gasteiger partial charge >= 0.3 is 6.03 Å². The summed E-state index contributed by atoms with van der Waals surface area (Å²) in [5.74, 6) is 0.00722. The number of hydrogen-bond acceptors (Lipinski definition) is 2. The molecular weight excluding hydrogens is 386 g/mol. The van der Waals surface area contributed by atoms with E-state index in [4.69, 9.17) is 0 Å². The van der Waals surface area contributed by atoms with E-state index < -0.39 is 0 Å². The zero-order valence-electron chi connectivity index (χ0n) is 17.9. The number of aryl methyl sites for hydroxylation is 1. The van der Waals surface area contributed by atoms with Gasteiger partial charge in [0.1, 0.15) is 0 Å². The SMILES string of the molecule is Cc1ccc(CNC(=O)NCc2ccc3c(c2)N(C(=O)c2ccccc2)[C@H](C)C3)cc1. The van der Waals surface area contributed by atoms with Crippen LogP contribution < -0.4 is 15.5 Å². The molecule has 3 amide bonds. The lowest BCUT2D eigenvalue weighted by molar-refractivity contribution is 0.0981. The fraction of sp³-hybridized carbons (Fsp3) is 0.231. The van der Waals surface area contributed by atoms with Crippen LogP contribution in [0.15, 0.2) is 72.8 Å². The van der Waals surface area contributed by atoms with Gasteiger partial charge in [-0.3, -0.25) is 4.79 Å². The molecule has 0 bridgehead atoms. The van der Waals surface area contributed by atoms with Gasteiger partial charge in [0, 0.05) is 30.4 Å². The summed E-state index contributed by atoms with van der Waals surface area (Å²) in [6.45, 7) is 4.98.